The smallest absolute Gasteiger partial charge is 0.274 e. The first-order chi connectivity index (χ1) is 17.0. The van der Waals surface area contributed by atoms with Crippen LogP contribution in [0.1, 0.15) is 51.8 Å². The van der Waals surface area contributed by atoms with E-state index in [4.69, 9.17) is 4.74 Å². The van der Waals surface area contributed by atoms with Gasteiger partial charge in [-0.25, -0.2) is 9.37 Å². The van der Waals surface area contributed by atoms with Gasteiger partial charge in [-0.3, -0.25) is 9.59 Å². The molecule has 3 aromatic rings. The Bertz CT molecular complexity index is 1220. The zero-order valence-electron chi connectivity index (χ0n) is 19.7. The van der Waals surface area contributed by atoms with Crippen molar-refractivity contribution < 1.29 is 18.7 Å². The van der Waals surface area contributed by atoms with Crippen molar-refractivity contribution in [3.05, 3.63) is 88.8 Å². The van der Waals surface area contributed by atoms with Gasteiger partial charge in [0.15, 0.2) is 5.69 Å². The van der Waals surface area contributed by atoms with Crippen molar-refractivity contribution in [1.29, 1.82) is 0 Å². The number of hydrogen-bond acceptors (Lipinski definition) is 4. The third-order valence-corrected chi connectivity index (χ3v) is 6.88. The number of hydrogen-bond donors (Lipinski definition) is 1. The largest absolute Gasteiger partial charge is 0.365 e. The molecular weight excluding hydrogens is 447 g/mol. The van der Waals surface area contributed by atoms with Gasteiger partial charge in [0, 0.05) is 25.6 Å². The molecule has 1 fully saturated rings. The predicted octanol–water partition coefficient (Wildman–Crippen LogP) is 3.77. The Kier molecular flexibility index (Phi) is 6.63. The second-order valence-electron chi connectivity index (χ2n) is 9.32. The summed E-state index contributed by atoms with van der Waals surface area (Å²) in [4.78, 5) is 32.0. The van der Waals surface area contributed by atoms with Crippen LogP contribution in [0.4, 0.5) is 4.39 Å². The summed E-state index contributed by atoms with van der Waals surface area (Å²) in [6, 6.07) is 14.4. The molecule has 3 heterocycles. The van der Waals surface area contributed by atoms with E-state index in [0.29, 0.717) is 44.7 Å². The highest BCUT2D eigenvalue weighted by molar-refractivity contribution is 5.93. The van der Waals surface area contributed by atoms with Crippen LogP contribution in [-0.2, 0) is 29.2 Å². The molecular formula is C27H29FN4O3. The number of imidazole rings is 1. The fourth-order valence-electron chi connectivity index (χ4n) is 4.84. The minimum atomic E-state index is -0.284. The van der Waals surface area contributed by atoms with Crippen LogP contribution in [0.2, 0.25) is 0 Å². The van der Waals surface area contributed by atoms with Gasteiger partial charge in [-0.2, -0.15) is 0 Å². The summed E-state index contributed by atoms with van der Waals surface area (Å²) in [5.41, 5.74) is 4.30. The van der Waals surface area contributed by atoms with Crippen molar-refractivity contribution in [2.75, 3.05) is 13.1 Å². The van der Waals surface area contributed by atoms with E-state index in [0.717, 1.165) is 16.8 Å². The number of halogens is 1. The average molecular weight is 477 g/mol. The van der Waals surface area contributed by atoms with Crippen LogP contribution in [-0.4, -0.2) is 39.4 Å². The molecule has 1 N–H and O–H groups in total. The number of fused-ring (bicyclic) bond motifs is 1. The lowest BCUT2D eigenvalue weighted by Gasteiger charge is -2.31. The number of carbonyl (C=O) groups is 2. The minimum Gasteiger partial charge on any atom is -0.365 e. The number of ether oxygens (including phenoxy) is 1. The van der Waals surface area contributed by atoms with Crippen LogP contribution in [0.15, 0.2) is 54.9 Å². The zero-order chi connectivity index (χ0) is 24.4. The maximum Gasteiger partial charge on any atom is 0.274 e. The highest BCUT2D eigenvalue weighted by Gasteiger charge is 2.32. The van der Waals surface area contributed by atoms with Crippen LogP contribution in [0.5, 0.6) is 0 Å². The number of piperidine rings is 1. The Morgan fingerprint density at radius 2 is 1.91 bits per heavy atom. The molecule has 0 aliphatic carbocycles. The van der Waals surface area contributed by atoms with Gasteiger partial charge in [-0.05, 0) is 43.0 Å². The molecule has 2 aliphatic heterocycles. The van der Waals surface area contributed by atoms with Crippen molar-refractivity contribution in [2.24, 2.45) is 5.92 Å². The Hall–Kier alpha value is -3.52. The fraction of sp³-hybridized carbons (Fsp3) is 0.370. The van der Waals surface area contributed by atoms with Crippen molar-refractivity contribution in [2.45, 2.75) is 45.6 Å². The quantitative estimate of drug-likeness (QED) is 0.608. The van der Waals surface area contributed by atoms with Gasteiger partial charge in [0.2, 0.25) is 5.91 Å². The number of likely N-dealkylation sites (tertiary alicyclic amines) is 1. The molecule has 1 atom stereocenters. The molecule has 2 aromatic carbocycles. The van der Waals surface area contributed by atoms with Gasteiger partial charge >= 0.3 is 0 Å². The predicted molar refractivity (Wildman–Crippen MR) is 128 cm³/mol. The summed E-state index contributed by atoms with van der Waals surface area (Å²) in [6.07, 6.45) is 2.72. The topological polar surface area (TPSA) is 76.5 Å². The molecule has 0 spiro atoms. The number of rotatable bonds is 5. The lowest BCUT2D eigenvalue weighted by Crippen LogP contribution is -2.43. The number of carbonyl (C=O) groups excluding carboxylic acids is 2. The number of benzene rings is 2. The molecule has 2 aliphatic rings. The van der Waals surface area contributed by atoms with Gasteiger partial charge < -0.3 is 19.5 Å². The third-order valence-electron chi connectivity index (χ3n) is 6.88. The normalized spacial score (nSPS) is 18.2. The monoisotopic (exact) mass is 476 g/mol. The molecule has 0 unspecified atom stereocenters. The van der Waals surface area contributed by atoms with E-state index >= 15 is 0 Å². The molecule has 5 rings (SSSR count). The van der Waals surface area contributed by atoms with Crippen molar-refractivity contribution in [1.82, 2.24) is 19.8 Å². The van der Waals surface area contributed by atoms with Crippen molar-refractivity contribution in [3.8, 4) is 0 Å². The standard InChI is InChI=1S/C27H29FN4O3/c1-18-3-2-4-19(13-18)14-29-26(33)21-9-11-31(12-10-21)27(34)25-23-16-35-24(15-32(23)17-30-25)20-5-7-22(28)8-6-20/h2-8,13,17,21,24H,9-12,14-16H2,1H3,(H,29,33)/t24-/m0/s1. The molecule has 1 aromatic heterocycles. The van der Waals surface area contributed by atoms with Crippen LogP contribution in [0, 0.1) is 18.7 Å². The highest BCUT2D eigenvalue weighted by atomic mass is 19.1. The van der Waals surface area contributed by atoms with Crippen LogP contribution < -0.4 is 5.32 Å². The molecule has 0 radical (unpaired) electrons. The van der Waals surface area contributed by atoms with Crippen molar-refractivity contribution in [3.63, 3.8) is 0 Å². The number of aryl methyl sites for hydroxylation is 1. The molecule has 8 heteroatoms. The average Bonchev–Trinajstić information content (AvgIpc) is 3.31. The van der Waals surface area contributed by atoms with E-state index in [9.17, 15) is 14.0 Å². The summed E-state index contributed by atoms with van der Waals surface area (Å²) in [6.45, 7) is 4.37. The molecule has 182 valence electrons. The zero-order valence-corrected chi connectivity index (χ0v) is 19.7. The van der Waals surface area contributed by atoms with E-state index in [1.165, 1.54) is 17.7 Å². The van der Waals surface area contributed by atoms with Gasteiger partial charge in [-0.1, -0.05) is 42.0 Å². The minimum absolute atomic E-state index is 0.0400. The van der Waals surface area contributed by atoms with Crippen molar-refractivity contribution >= 4 is 11.8 Å². The van der Waals surface area contributed by atoms with E-state index in [2.05, 4.69) is 16.4 Å². The molecule has 0 saturated carbocycles. The SMILES string of the molecule is Cc1cccc(CNC(=O)C2CCN(C(=O)c3ncn4c3CO[C@H](c3ccc(F)cc3)C4)CC2)c1. The highest BCUT2D eigenvalue weighted by Crippen LogP contribution is 2.29. The summed E-state index contributed by atoms with van der Waals surface area (Å²) >= 11 is 0. The van der Waals surface area contributed by atoms with Crippen LogP contribution >= 0.6 is 0 Å². The second kappa shape index (κ2) is 10.00. The molecule has 7 nitrogen and oxygen atoms in total. The van der Waals surface area contributed by atoms with Gasteiger partial charge in [0.1, 0.15) is 11.9 Å². The maximum absolute atomic E-state index is 13.2. The number of nitrogens with zero attached hydrogens (tertiary/aromatic N) is 3. The molecule has 2 amide bonds. The van der Waals surface area contributed by atoms with Crippen LogP contribution in [0.3, 0.4) is 0 Å². The summed E-state index contributed by atoms with van der Waals surface area (Å²) in [5, 5.41) is 3.03. The first-order valence-corrected chi connectivity index (χ1v) is 12.0. The number of amides is 2. The molecule has 0 bridgehead atoms. The lowest BCUT2D eigenvalue weighted by molar-refractivity contribution is -0.126. The maximum atomic E-state index is 13.2. The second-order valence-corrected chi connectivity index (χ2v) is 9.32. The lowest BCUT2D eigenvalue weighted by atomic mass is 9.95. The Labute approximate surface area is 203 Å². The summed E-state index contributed by atoms with van der Waals surface area (Å²) in [7, 11) is 0. The Balaban J connectivity index is 1.15. The molecule has 1 saturated heterocycles. The third kappa shape index (κ3) is 5.12. The van der Waals surface area contributed by atoms with Gasteiger partial charge in [-0.15, -0.1) is 0 Å². The van der Waals surface area contributed by atoms with Gasteiger partial charge in [0.05, 0.1) is 25.2 Å². The number of nitrogens with one attached hydrogen (secondary N) is 1. The van der Waals surface area contributed by atoms with E-state index in [1.54, 1.807) is 23.4 Å². The van der Waals surface area contributed by atoms with Crippen LogP contribution in [0.25, 0.3) is 0 Å². The first-order valence-electron chi connectivity index (χ1n) is 12.0. The fourth-order valence-corrected chi connectivity index (χ4v) is 4.84. The van der Waals surface area contributed by atoms with E-state index in [-0.39, 0.29) is 36.3 Å². The summed E-state index contributed by atoms with van der Waals surface area (Å²) in [5.74, 6) is -0.465. The Morgan fingerprint density at radius 3 is 2.66 bits per heavy atom. The Morgan fingerprint density at radius 1 is 1.14 bits per heavy atom. The van der Waals surface area contributed by atoms with Gasteiger partial charge in [0.25, 0.3) is 5.91 Å². The number of aromatic nitrogens is 2. The van der Waals surface area contributed by atoms with E-state index in [1.807, 2.05) is 29.7 Å². The molecule has 35 heavy (non-hydrogen) atoms. The summed E-state index contributed by atoms with van der Waals surface area (Å²) < 4.78 is 21.2. The first kappa shape index (κ1) is 23.2. The van der Waals surface area contributed by atoms with E-state index < -0.39 is 0 Å².